The van der Waals surface area contributed by atoms with Crippen molar-refractivity contribution in [3.05, 3.63) is 27.2 Å². The Morgan fingerprint density at radius 1 is 1.27 bits per heavy atom. The Bertz CT molecular complexity index is 754. The Hall–Kier alpha value is -1.89. The summed E-state index contributed by atoms with van der Waals surface area (Å²) >= 11 is 0. The molecule has 2 rings (SSSR count). The summed E-state index contributed by atoms with van der Waals surface area (Å²) in [6.45, 7) is 4.77. The van der Waals surface area contributed by atoms with Gasteiger partial charge in [0, 0.05) is 20.1 Å². The first kappa shape index (κ1) is 16.5. The van der Waals surface area contributed by atoms with Crippen LogP contribution in [0.25, 0.3) is 11.2 Å². The van der Waals surface area contributed by atoms with Crippen molar-refractivity contribution in [1.82, 2.24) is 18.7 Å². The zero-order valence-corrected chi connectivity index (χ0v) is 13.4. The minimum absolute atomic E-state index is 0.270. The summed E-state index contributed by atoms with van der Waals surface area (Å²) < 4.78 is 4.51. The maximum Gasteiger partial charge on any atom is 0.332 e. The van der Waals surface area contributed by atoms with Crippen LogP contribution in [0, 0.1) is 0 Å². The van der Waals surface area contributed by atoms with E-state index < -0.39 is 0 Å². The molecule has 7 heteroatoms. The molecular weight excluding hydrogens is 284 g/mol. The van der Waals surface area contributed by atoms with E-state index in [1.807, 2.05) is 11.5 Å². The van der Waals surface area contributed by atoms with Crippen molar-refractivity contribution in [3.63, 3.8) is 0 Å². The highest BCUT2D eigenvalue weighted by Crippen LogP contribution is 2.09. The van der Waals surface area contributed by atoms with E-state index in [1.54, 1.807) is 20.3 Å². The molecule has 0 amide bonds. The van der Waals surface area contributed by atoms with E-state index in [0.29, 0.717) is 24.3 Å². The van der Waals surface area contributed by atoms with Gasteiger partial charge in [-0.3, -0.25) is 13.9 Å². The largest absolute Gasteiger partial charge is 0.393 e. The summed E-state index contributed by atoms with van der Waals surface area (Å²) in [5.41, 5.74) is 0.317. The summed E-state index contributed by atoms with van der Waals surface area (Å²) in [6, 6.07) is 0. The lowest BCUT2D eigenvalue weighted by molar-refractivity contribution is 0.180. The number of imidazole rings is 1. The average Bonchev–Trinajstić information content (AvgIpc) is 2.90. The summed E-state index contributed by atoms with van der Waals surface area (Å²) in [7, 11) is 1.64. The van der Waals surface area contributed by atoms with Crippen LogP contribution < -0.4 is 11.2 Å². The average molecular weight is 308 g/mol. The van der Waals surface area contributed by atoms with E-state index in [0.717, 1.165) is 25.7 Å². The van der Waals surface area contributed by atoms with E-state index in [9.17, 15) is 14.7 Å². The molecule has 22 heavy (non-hydrogen) atoms. The molecule has 1 N–H and O–H groups in total. The van der Waals surface area contributed by atoms with Crippen LogP contribution in [-0.2, 0) is 20.1 Å². The fraction of sp³-hybridized carbons (Fsp3) is 0.667. The minimum Gasteiger partial charge on any atom is -0.393 e. The Morgan fingerprint density at radius 2 is 2.00 bits per heavy atom. The van der Waals surface area contributed by atoms with Crippen molar-refractivity contribution in [1.29, 1.82) is 0 Å². The topological polar surface area (TPSA) is 82.0 Å². The Morgan fingerprint density at radius 3 is 2.64 bits per heavy atom. The van der Waals surface area contributed by atoms with Crippen LogP contribution >= 0.6 is 0 Å². The van der Waals surface area contributed by atoms with Crippen molar-refractivity contribution < 1.29 is 5.11 Å². The third-order valence-electron chi connectivity index (χ3n) is 3.82. The van der Waals surface area contributed by atoms with Crippen molar-refractivity contribution in [2.24, 2.45) is 7.05 Å². The maximum absolute atomic E-state index is 12.6. The molecule has 0 bridgehead atoms. The zero-order valence-electron chi connectivity index (χ0n) is 13.4. The monoisotopic (exact) mass is 308 g/mol. The Labute approximate surface area is 128 Å². The lowest BCUT2D eigenvalue weighted by Crippen LogP contribution is -2.39. The third-order valence-corrected chi connectivity index (χ3v) is 3.82. The highest BCUT2D eigenvalue weighted by molar-refractivity contribution is 5.69. The molecule has 0 saturated heterocycles. The van der Waals surface area contributed by atoms with E-state index in [-0.39, 0.29) is 17.4 Å². The molecule has 0 aromatic carbocycles. The van der Waals surface area contributed by atoms with E-state index in [2.05, 4.69) is 4.98 Å². The number of aromatic nitrogens is 4. The van der Waals surface area contributed by atoms with Gasteiger partial charge >= 0.3 is 5.69 Å². The number of aliphatic hydroxyl groups excluding tert-OH is 1. The molecule has 0 radical (unpaired) electrons. The summed E-state index contributed by atoms with van der Waals surface area (Å²) in [6.07, 6.45) is 4.51. The summed E-state index contributed by atoms with van der Waals surface area (Å²) in [4.78, 5) is 29.0. The number of unbranched alkanes of at least 4 members (excludes halogenated alkanes) is 1. The number of aryl methyl sites for hydroxylation is 2. The molecule has 122 valence electrons. The second-order valence-corrected chi connectivity index (χ2v) is 5.75. The van der Waals surface area contributed by atoms with Gasteiger partial charge in [-0.15, -0.1) is 0 Å². The van der Waals surface area contributed by atoms with E-state index in [4.69, 9.17) is 0 Å². The molecule has 1 atom stereocenters. The first-order valence-corrected chi connectivity index (χ1v) is 7.80. The second-order valence-electron chi connectivity index (χ2n) is 5.75. The van der Waals surface area contributed by atoms with Crippen molar-refractivity contribution in [2.75, 3.05) is 0 Å². The first-order valence-electron chi connectivity index (χ1n) is 7.80. The van der Waals surface area contributed by atoms with Gasteiger partial charge in [0.15, 0.2) is 11.2 Å². The quantitative estimate of drug-likeness (QED) is 0.769. The van der Waals surface area contributed by atoms with Gasteiger partial charge < -0.3 is 9.67 Å². The predicted molar refractivity (Wildman–Crippen MR) is 85.1 cm³/mol. The van der Waals surface area contributed by atoms with Crippen LogP contribution in [0.15, 0.2) is 15.9 Å². The van der Waals surface area contributed by atoms with Gasteiger partial charge in [-0.1, -0.05) is 6.92 Å². The summed E-state index contributed by atoms with van der Waals surface area (Å²) in [5.74, 6) is 0. The fourth-order valence-corrected chi connectivity index (χ4v) is 2.63. The molecular formula is C15H24N4O3. The molecule has 0 saturated carbocycles. The summed E-state index contributed by atoms with van der Waals surface area (Å²) in [5, 5.41) is 9.28. The maximum atomic E-state index is 12.6. The van der Waals surface area contributed by atoms with Gasteiger partial charge in [0.1, 0.15) is 0 Å². The number of nitrogens with zero attached hydrogens (tertiary/aromatic N) is 4. The lowest BCUT2D eigenvalue weighted by atomic mass is 10.2. The highest BCUT2D eigenvalue weighted by Gasteiger charge is 2.15. The normalized spacial score (nSPS) is 12.9. The smallest absolute Gasteiger partial charge is 0.332 e. The highest BCUT2D eigenvalue weighted by atomic mass is 16.3. The zero-order chi connectivity index (χ0) is 16.3. The molecule has 0 aliphatic rings. The SMILES string of the molecule is CCCn1c(=O)c2c(ncn2CCCCC(C)O)n(C)c1=O. The number of fused-ring (bicyclic) bond motifs is 1. The van der Waals surface area contributed by atoms with Gasteiger partial charge in [0.2, 0.25) is 0 Å². The van der Waals surface area contributed by atoms with Gasteiger partial charge in [0.25, 0.3) is 5.56 Å². The number of hydrogen-bond donors (Lipinski definition) is 1. The molecule has 2 aromatic rings. The molecule has 2 heterocycles. The van der Waals surface area contributed by atoms with Crippen LogP contribution in [0.2, 0.25) is 0 Å². The van der Waals surface area contributed by atoms with Gasteiger partial charge in [-0.25, -0.2) is 9.78 Å². The molecule has 0 fully saturated rings. The second kappa shape index (κ2) is 6.91. The molecule has 0 spiro atoms. The van der Waals surface area contributed by atoms with Crippen LogP contribution in [-0.4, -0.2) is 29.9 Å². The van der Waals surface area contributed by atoms with E-state index in [1.165, 1.54) is 9.13 Å². The van der Waals surface area contributed by atoms with Crippen LogP contribution in [0.1, 0.15) is 39.5 Å². The third kappa shape index (κ3) is 3.14. The van der Waals surface area contributed by atoms with Gasteiger partial charge in [-0.2, -0.15) is 0 Å². The minimum atomic E-state index is -0.321. The Balaban J connectivity index is 2.37. The van der Waals surface area contributed by atoms with Gasteiger partial charge in [0.05, 0.1) is 12.4 Å². The predicted octanol–water partition coefficient (Wildman–Crippen LogP) is 0.858. The van der Waals surface area contributed by atoms with Gasteiger partial charge in [-0.05, 0) is 32.6 Å². The standard InChI is InChI=1S/C15H24N4O3/c1-4-8-19-14(21)12-13(17(3)15(19)22)16-10-18(12)9-6-5-7-11(2)20/h10-11,20H,4-9H2,1-3H3. The molecule has 7 nitrogen and oxygen atoms in total. The fourth-order valence-electron chi connectivity index (χ4n) is 2.63. The lowest BCUT2D eigenvalue weighted by Gasteiger charge is -2.09. The number of hydrogen-bond acceptors (Lipinski definition) is 4. The van der Waals surface area contributed by atoms with Crippen LogP contribution in [0.4, 0.5) is 0 Å². The Kier molecular flexibility index (Phi) is 5.18. The van der Waals surface area contributed by atoms with Crippen molar-refractivity contribution in [3.8, 4) is 0 Å². The molecule has 0 aliphatic carbocycles. The molecule has 0 aliphatic heterocycles. The van der Waals surface area contributed by atoms with Crippen LogP contribution in [0.5, 0.6) is 0 Å². The number of rotatable bonds is 7. The van der Waals surface area contributed by atoms with E-state index >= 15 is 0 Å². The molecule has 1 unspecified atom stereocenters. The molecule has 2 aromatic heterocycles. The van der Waals surface area contributed by atoms with Crippen LogP contribution in [0.3, 0.4) is 0 Å². The van der Waals surface area contributed by atoms with Crippen molar-refractivity contribution in [2.45, 2.75) is 58.7 Å². The first-order chi connectivity index (χ1) is 10.5. The number of aliphatic hydroxyl groups is 1. The van der Waals surface area contributed by atoms with Crippen molar-refractivity contribution >= 4 is 11.2 Å².